The molecule has 1 aromatic heterocycles. The normalized spacial score (nSPS) is 21.3. The molecule has 3 heterocycles. The van der Waals surface area contributed by atoms with Crippen LogP contribution in [-0.4, -0.2) is 65.8 Å². The van der Waals surface area contributed by atoms with Crippen LogP contribution in [0.15, 0.2) is 126 Å². The minimum atomic E-state index is -1.31. The van der Waals surface area contributed by atoms with E-state index in [0.717, 1.165) is 16.7 Å². The number of aromatic nitrogens is 2. The van der Waals surface area contributed by atoms with Crippen LogP contribution in [0.5, 0.6) is 11.5 Å². The van der Waals surface area contributed by atoms with Crippen LogP contribution in [-0.2, 0) is 19.8 Å². The number of methoxy groups -OCH3 is 2. The van der Waals surface area contributed by atoms with Crippen molar-refractivity contribution in [3.63, 3.8) is 0 Å². The molecular formula is C38H35N3O8. The van der Waals surface area contributed by atoms with E-state index in [1.807, 2.05) is 78.9 Å². The largest absolute Gasteiger partial charge is 0.497 e. The summed E-state index contributed by atoms with van der Waals surface area (Å²) in [6.07, 6.45) is -1.50. The predicted octanol–water partition coefficient (Wildman–Crippen LogP) is 4.55. The van der Waals surface area contributed by atoms with Gasteiger partial charge in [-0.25, -0.2) is 4.79 Å². The van der Waals surface area contributed by atoms with Crippen molar-refractivity contribution in [2.45, 2.75) is 29.6 Å². The molecule has 2 bridgehead atoms. The quantitative estimate of drug-likeness (QED) is 0.196. The lowest BCUT2D eigenvalue weighted by Crippen LogP contribution is -2.48. The lowest BCUT2D eigenvalue weighted by molar-refractivity contribution is -0.204. The van der Waals surface area contributed by atoms with Crippen LogP contribution in [0.25, 0.3) is 0 Å². The van der Waals surface area contributed by atoms with E-state index in [-0.39, 0.29) is 19.0 Å². The first-order valence-corrected chi connectivity index (χ1v) is 15.8. The van der Waals surface area contributed by atoms with Crippen LogP contribution >= 0.6 is 0 Å². The van der Waals surface area contributed by atoms with E-state index >= 15 is 0 Å². The SMILES string of the molecule is COc1ccc(C(OC[C@]23CO[C@H]([C@H](n4ccc(NC(=O)c5ccccc5)nc4=O)O2)[C@H]3O)(c2ccccc2)c2ccc(OC)cc2)cc1. The van der Waals surface area contributed by atoms with Crippen molar-refractivity contribution in [2.75, 3.05) is 32.8 Å². The Morgan fingerprint density at radius 3 is 2.02 bits per heavy atom. The zero-order valence-corrected chi connectivity index (χ0v) is 26.9. The van der Waals surface area contributed by atoms with E-state index < -0.39 is 41.2 Å². The number of nitrogens with one attached hydrogen (secondary N) is 1. The summed E-state index contributed by atoms with van der Waals surface area (Å²) in [6, 6.07) is 35.2. The molecular weight excluding hydrogens is 626 g/mol. The van der Waals surface area contributed by atoms with Gasteiger partial charge in [-0.2, -0.15) is 4.98 Å². The van der Waals surface area contributed by atoms with Gasteiger partial charge in [-0.05, 0) is 59.2 Å². The Morgan fingerprint density at radius 2 is 1.45 bits per heavy atom. The number of anilines is 1. The molecule has 1 amide bonds. The van der Waals surface area contributed by atoms with Crippen LogP contribution in [0.4, 0.5) is 5.82 Å². The summed E-state index contributed by atoms with van der Waals surface area (Å²) in [7, 11) is 3.22. The zero-order valence-electron chi connectivity index (χ0n) is 26.9. The maximum Gasteiger partial charge on any atom is 0.351 e. The van der Waals surface area contributed by atoms with Gasteiger partial charge in [-0.15, -0.1) is 0 Å². The summed E-state index contributed by atoms with van der Waals surface area (Å²) in [5, 5.41) is 14.2. The summed E-state index contributed by atoms with van der Waals surface area (Å²) in [6.45, 7) is -0.0552. The number of carbonyl (C=O) groups is 1. The van der Waals surface area contributed by atoms with E-state index in [9.17, 15) is 14.7 Å². The molecule has 2 aliphatic rings. The third kappa shape index (κ3) is 5.87. The van der Waals surface area contributed by atoms with Crippen molar-refractivity contribution >= 4 is 11.7 Å². The second-order valence-electron chi connectivity index (χ2n) is 11.9. The number of fused-ring (bicyclic) bond motifs is 2. The molecule has 7 rings (SSSR count). The zero-order chi connectivity index (χ0) is 34.0. The van der Waals surface area contributed by atoms with Crippen molar-refractivity contribution < 1.29 is 33.6 Å². The fraction of sp³-hybridized carbons (Fsp3) is 0.237. The second kappa shape index (κ2) is 13.3. The van der Waals surface area contributed by atoms with Crippen molar-refractivity contribution in [3.8, 4) is 11.5 Å². The predicted molar refractivity (Wildman–Crippen MR) is 180 cm³/mol. The number of rotatable bonds is 11. The molecule has 0 aliphatic carbocycles. The first-order valence-electron chi connectivity index (χ1n) is 15.8. The molecule has 5 aromatic rings. The minimum Gasteiger partial charge on any atom is -0.497 e. The highest BCUT2D eigenvalue weighted by Crippen LogP contribution is 2.48. The summed E-state index contributed by atoms with van der Waals surface area (Å²) < 4.78 is 31.7. The van der Waals surface area contributed by atoms with Crippen LogP contribution < -0.4 is 20.5 Å². The average molecular weight is 662 g/mol. The number of hydrogen-bond donors (Lipinski definition) is 2. The van der Waals surface area contributed by atoms with Crippen LogP contribution in [0.1, 0.15) is 33.3 Å². The van der Waals surface area contributed by atoms with Crippen molar-refractivity contribution in [1.29, 1.82) is 0 Å². The van der Waals surface area contributed by atoms with Crippen LogP contribution in [0.3, 0.4) is 0 Å². The van der Waals surface area contributed by atoms with E-state index in [2.05, 4.69) is 10.3 Å². The highest BCUT2D eigenvalue weighted by atomic mass is 16.7. The molecule has 0 radical (unpaired) electrons. The molecule has 49 heavy (non-hydrogen) atoms. The molecule has 11 nitrogen and oxygen atoms in total. The highest BCUT2D eigenvalue weighted by Gasteiger charge is 2.63. The molecule has 0 spiro atoms. The molecule has 0 saturated carbocycles. The maximum atomic E-state index is 13.2. The molecule has 2 fully saturated rings. The van der Waals surface area contributed by atoms with E-state index in [1.165, 1.54) is 16.8 Å². The van der Waals surface area contributed by atoms with Gasteiger partial charge in [0.15, 0.2) is 6.23 Å². The first kappa shape index (κ1) is 32.2. The number of aliphatic hydroxyl groups is 1. The van der Waals surface area contributed by atoms with Gasteiger partial charge >= 0.3 is 5.69 Å². The number of nitrogens with zero attached hydrogens (tertiary/aromatic N) is 2. The second-order valence-corrected chi connectivity index (χ2v) is 11.9. The van der Waals surface area contributed by atoms with Gasteiger partial charge in [0.1, 0.15) is 40.7 Å². The van der Waals surface area contributed by atoms with Crippen LogP contribution in [0, 0.1) is 0 Å². The highest BCUT2D eigenvalue weighted by molar-refractivity contribution is 6.03. The van der Waals surface area contributed by atoms with Gasteiger partial charge in [0.2, 0.25) is 0 Å². The van der Waals surface area contributed by atoms with Gasteiger partial charge < -0.3 is 34.1 Å². The summed E-state index contributed by atoms with van der Waals surface area (Å²) in [5.41, 5.74) is -0.249. The van der Waals surface area contributed by atoms with Crippen molar-refractivity contribution in [1.82, 2.24) is 9.55 Å². The fourth-order valence-corrected chi connectivity index (χ4v) is 6.50. The molecule has 4 atom stereocenters. The molecule has 2 aliphatic heterocycles. The number of amides is 1. The Morgan fingerprint density at radius 1 is 0.878 bits per heavy atom. The number of carbonyl (C=O) groups excluding carboxylic acids is 1. The van der Waals surface area contributed by atoms with Gasteiger partial charge in [0.25, 0.3) is 5.91 Å². The smallest absolute Gasteiger partial charge is 0.351 e. The van der Waals surface area contributed by atoms with Crippen molar-refractivity contribution in [3.05, 3.63) is 154 Å². The molecule has 2 N–H and O–H groups in total. The topological polar surface area (TPSA) is 130 Å². The number of ether oxygens (including phenoxy) is 5. The monoisotopic (exact) mass is 661 g/mol. The summed E-state index contributed by atoms with van der Waals surface area (Å²) >= 11 is 0. The van der Waals surface area contributed by atoms with E-state index in [0.29, 0.717) is 17.1 Å². The number of aliphatic hydroxyl groups excluding tert-OH is 1. The molecule has 4 aromatic carbocycles. The molecule has 250 valence electrons. The van der Waals surface area contributed by atoms with Gasteiger partial charge in [0, 0.05) is 11.8 Å². The van der Waals surface area contributed by atoms with E-state index in [1.54, 1.807) is 44.6 Å². The Hall–Kier alpha value is -5.33. The Bertz CT molecular complexity index is 1920. The number of hydrogen-bond acceptors (Lipinski definition) is 9. The Kier molecular flexibility index (Phi) is 8.74. The van der Waals surface area contributed by atoms with Gasteiger partial charge in [-0.1, -0.05) is 72.8 Å². The van der Waals surface area contributed by atoms with Gasteiger partial charge in [0.05, 0.1) is 27.4 Å². The van der Waals surface area contributed by atoms with Crippen molar-refractivity contribution in [2.24, 2.45) is 0 Å². The lowest BCUT2D eigenvalue weighted by atomic mass is 9.79. The standard InChI is InChI=1S/C38H35N3O8/c1-45-29-17-13-27(14-18-29)38(26-11-7-4-8-12-26,28-15-19-30(46-2)20-16-28)48-24-37-23-47-32(33(37)42)35(49-37)41-22-21-31(40-36(41)44)39-34(43)25-9-5-3-6-10-25/h3-22,32-33,35,42H,23-24H2,1-2H3,(H,39,40,43,44)/t32-,33+,35+,37-/m0/s1. The fourth-order valence-electron chi connectivity index (χ4n) is 6.50. The lowest BCUT2D eigenvalue weighted by Gasteiger charge is -2.39. The third-order valence-corrected chi connectivity index (χ3v) is 9.09. The molecule has 2 saturated heterocycles. The first-order chi connectivity index (χ1) is 23.9. The maximum absolute atomic E-state index is 13.2. The summed E-state index contributed by atoms with van der Waals surface area (Å²) in [4.78, 5) is 29.9. The van der Waals surface area contributed by atoms with Crippen LogP contribution in [0.2, 0.25) is 0 Å². The third-order valence-electron chi connectivity index (χ3n) is 9.09. The number of benzene rings is 4. The minimum absolute atomic E-state index is 0.0405. The molecule has 0 unspecified atom stereocenters. The molecule has 11 heteroatoms. The average Bonchev–Trinajstić information content (AvgIpc) is 3.61. The summed E-state index contributed by atoms with van der Waals surface area (Å²) in [5.74, 6) is 1.07. The Labute approximate surface area is 282 Å². The Balaban J connectivity index is 1.20. The van der Waals surface area contributed by atoms with E-state index in [4.69, 9.17) is 23.7 Å². The van der Waals surface area contributed by atoms with Gasteiger partial charge in [-0.3, -0.25) is 9.36 Å².